The summed E-state index contributed by atoms with van der Waals surface area (Å²) in [5.41, 5.74) is 0.235. The highest BCUT2D eigenvalue weighted by molar-refractivity contribution is 6.74. The number of imide groups is 1. The fourth-order valence-electron chi connectivity index (χ4n) is 7.65. The Labute approximate surface area is 314 Å². The van der Waals surface area contributed by atoms with Crippen molar-refractivity contribution >= 4 is 28.6 Å². The molecule has 0 bridgehead atoms. The number of hydrogen-bond donors (Lipinski definition) is 1. The van der Waals surface area contributed by atoms with Crippen LogP contribution in [0.1, 0.15) is 99.5 Å². The van der Waals surface area contributed by atoms with E-state index in [-0.39, 0.29) is 34.7 Å². The number of benzene rings is 1. The number of rotatable bonds is 11. The quantitative estimate of drug-likeness (QED) is 0.224. The topological polar surface area (TPSA) is 113 Å². The largest absolute Gasteiger partial charge is 0.447 e. The first-order valence-corrected chi connectivity index (χ1v) is 25.4. The van der Waals surface area contributed by atoms with Crippen molar-refractivity contribution in [1.29, 1.82) is 0 Å². The normalized spacial score (nSPS) is 33.1. The summed E-state index contributed by atoms with van der Waals surface area (Å²) in [6.45, 7) is 26.7. The maximum absolute atomic E-state index is 14.0. The lowest BCUT2D eigenvalue weighted by Gasteiger charge is -2.47. The molecule has 1 aromatic rings. The molecule has 52 heavy (non-hydrogen) atoms. The van der Waals surface area contributed by atoms with Crippen LogP contribution in [0.3, 0.4) is 0 Å². The molecule has 5 rings (SSSR count). The molecule has 4 saturated heterocycles. The molecule has 4 fully saturated rings. The van der Waals surface area contributed by atoms with Crippen molar-refractivity contribution in [3.05, 3.63) is 35.9 Å². The monoisotopic (exact) mass is 761 g/mol. The lowest BCUT2D eigenvalue weighted by atomic mass is 9.89. The lowest BCUT2D eigenvalue weighted by Crippen LogP contribution is -2.57. The molecule has 10 nitrogen and oxygen atoms in total. The van der Waals surface area contributed by atoms with Crippen molar-refractivity contribution in [3.63, 3.8) is 0 Å². The third-order valence-electron chi connectivity index (χ3n) is 13.1. The molecule has 9 atom stereocenters. The van der Waals surface area contributed by atoms with Crippen LogP contribution in [0.15, 0.2) is 30.3 Å². The summed E-state index contributed by atoms with van der Waals surface area (Å²) >= 11 is 0. The number of carbonyl (C=O) groups excluding carboxylic acids is 2. The molecule has 0 aliphatic carbocycles. The average molecular weight is 762 g/mol. The first-order valence-electron chi connectivity index (χ1n) is 19.5. The minimum Gasteiger partial charge on any atom is -0.447 e. The van der Waals surface area contributed by atoms with Crippen molar-refractivity contribution in [3.8, 4) is 0 Å². The van der Waals surface area contributed by atoms with E-state index in [1.54, 1.807) is 0 Å². The Hall–Kier alpha value is -1.65. The van der Waals surface area contributed by atoms with Crippen LogP contribution in [-0.4, -0.2) is 99.8 Å². The van der Waals surface area contributed by atoms with E-state index in [0.29, 0.717) is 45.1 Å². The van der Waals surface area contributed by atoms with Gasteiger partial charge in [0.25, 0.3) is 0 Å². The highest BCUT2D eigenvalue weighted by Gasteiger charge is 2.58. The zero-order valence-corrected chi connectivity index (χ0v) is 36.0. The summed E-state index contributed by atoms with van der Waals surface area (Å²) in [5, 5.41) is 11.4. The minimum atomic E-state index is -2.33. The fraction of sp³-hybridized carbons (Fsp3) is 0.800. The molecule has 4 heterocycles. The van der Waals surface area contributed by atoms with Gasteiger partial charge in [0, 0.05) is 19.3 Å². The van der Waals surface area contributed by atoms with Crippen LogP contribution in [0, 0.1) is 5.92 Å². The van der Waals surface area contributed by atoms with E-state index >= 15 is 0 Å². The van der Waals surface area contributed by atoms with Crippen LogP contribution in [0.25, 0.3) is 0 Å². The van der Waals surface area contributed by atoms with E-state index in [0.717, 1.165) is 12.0 Å². The predicted molar refractivity (Wildman–Crippen MR) is 206 cm³/mol. The summed E-state index contributed by atoms with van der Waals surface area (Å²) in [6, 6.07) is 9.50. The van der Waals surface area contributed by atoms with Gasteiger partial charge in [-0.2, -0.15) is 0 Å². The molecule has 2 amide bonds. The van der Waals surface area contributed by atoms with Gasteiger partial charge in [-0.15, -0.1) is 0 Å². The molecule has 12 heteroatoms. The number of amides is 2. The Bertz CT molecular complexity index is 1410. The second-order valence-electron chi connectivity index (χ2n) is 19.2. The van der Waals surface area contributed by atoms with Crippen molar-refractivity contribution < 1.29 is 42.5 Å². The van der Waals surface area contributed by atoms with E-state index in [2.05, 4.69) is 74.7 Å². The zero-order chi connectivity index (χ0) is 38.5. The number of carbonyl (C=O) groups is 2. The smallest absolute Gasteiger partial charge is 0.416 e. The molecule has 0 unspecified atom stereocenters. The molecule has 0 aromatic heterocycles. The standard InChI is InChI=1S/C40H67NO9Si2/c1-27(35(43)41-29(25-45-36(41)44)23-28-17-14-13-15-18-28)31-19-16-21-40(48-31)22-20-32(49-40)34(50-52(11,12)38(5,6)7)39(8)24-30(42)33(47-39)26-46-51(9,10)37(2,3)4/h13-15,17-18,27,29-34,42H,16,19-26H2,1-12H3/t27-,29-,30+,31+,32+,33-,34-,39-,40+/m1/s1. The molecule has 4 aliphatic rings. The third kappa shape index (κ3) is 8.74. The van der Waals surface area contributed by atoms with Gasteiger partial charge in [-0.1, -0.05) is 78.8 Å². The molecule has 0 saturated carbocycles. The predicted octanol–water partition coefficient (Wildman–Crippen LogP) is 7.98. The van der Waals surface area contributed by atoms with Crippen LogP contribution < -0.4 is 0 Å². The highest BCUT2D eigenvalue weighted by atomic mass is 28.4. The second-order valence-corrected chi connectivity index (χ2v) is 28.7. The molecule has 0 radical (unpaired) electrons. The van der Waals surface area contributed by atoms with Gasteiger partial charge in [0.1, 0.15) is 18.8 Å². The number of ether oxygens (including phenoxy) is 4. The van der Waals surface area contributed by atoms with Crippen LogP contribution in [0.4, 0.5) is 4.79 Å². The van der Waals surface area contributed by atoms with Gasteiger partial charge < -0.3 is 32.9 Å². The number of aliphatic hydroxyl groups excluding tert-OH is 1. The van der Waals surface area contributed by atoms with E-state index < -0.39 is 64.4 Å². The van der Waals surface area contributed by atoms with E-state index in [9.17, 15) is 14.7 Å². The van der Waals surface area contributed by atoms with Crippen molar-refractivity contribution in [2.45, 2.75) is 185 Å². The number of cyclic esters (lactones) is 1. The van der Waals surface area contributed by atoms with Crippen molar-refractivity contribution in [1.82, 2.24) is 4.90 Å². The lowest BCUT2D eigenvalue weighted by molar-refractivity contribution is -0.289. The summed E-state index contributed by atoms with van der Waals surface area (Å²) < 4.78 is 39.8. The zero-order valence-electron chi connectivity index (χ0n) is 34.0. The van der Waals surface area contributed by atoms with Gasteiger partial charge in [-0.3, -0.25) is 4.79 Å². The molecular weight excluding hydrogens is 695 g/mol. The Morgan fingerprint density at radius 1 is 0.962 bits per heavy atom. The van der Waals surface area contributed by atoms with E-state index in [1.165, 1.54) is 4.90 Å². The Morgan fingerprint density at radius 3 is 2.23 bits per heavy atom. The molecule has 4 aliphatic heterocycles. The van der Waals surface area contributed by atoms with Gasteiger partial charge in [-0.05, 0) is 74.4 Å². The maximum atomic E-state index is 14.0. The number of aliphatic hydroxyl groups is 1. The second kappa shape index (κ2) is 15.1. The molecular formula is C40H67NO9Si2. The minimum absolute atomic E-state index is 0.0431. The molecule has 1 spiro atoms. The van der Waals surface area contributed by atoms with Gasteiger partial charge in [-0.25, -0.2) is 9.69 Å². The number of hydrogen-bond acceptors (Lipinski definition) is 9. The maximum Gasteiger partial charge on any atom is 0.416 e. The van der Waals surface area contributed by atoms with Crippen LogP contribution >= 0.6 is 0 Å². The van der Waals surface area contributed by atoms with E-state index in [4.69, 9.17) is 27.8 Å². The first kappa shape index (κ1) is 41.5. The SMILES string of the molecule is C[C@@H](C(=O)N1C(=O)OC[C@H]1Cc1ccccc1)[C@@H]1CCC[C@]2(CC[C@@H]([C@@H](O[Si](C)(C)C(C)(C)C)[C@@]3(C)C[C@H](O)[C@@H](CO[Si](C)(C)C(C)(C)C)O3)O2)O1. The van der Waals surface area contributed by atoms with Crippen LogP contribution in [0.5, 0.6) is 0 Å². The van der Waals surface area contributed by atoms with Gasteiger partial charge >= 0.3 is 6.09 Å². The molecule has 1 N–H and O–H groups in total. The highest BCUT2D eigenvalue weighted by Crippen LogP contribution is 2.49. The van der Waals surface area contributed by atoms with Gasteiger partial charge in [0.2, 0.25) is 5.91 Å². The Morgan fingerprint density at radius 2 is 1.60 bits per heavy atom. The van der Waals surface area contributed by atoms with Crippen molar-refractivity contribution in [2.75, 3.05) is 13.2 Å². The van der Waals surface area contributed by atoms with Gasteiger partial charge in [0.15, 0.2) is 22.4 Å². The Balaban J connectivity index is 1.31. The van der Waals surface area contributed by atoms with Crippen LogP contribution in [0.2, 0.25) is 36.3 Å². The molecule has 1 aromatic carbocycles. The summed E-state index contributed by atoms with van der Waals surface area (Å²) in [4.78, 5) is 28.1. The average Bonchev–Trinajstić information content (AvgIpc) is 3.71. The summed E-state index contributed by atoms with van der Waals surface area (Å²) in [7, 11) is -4.39. The number of nitrogens with zero attached hydrogens (tertiary/aromatic N) is 1. The first-order chi connectivity index (χ1) is 24.0. The summed E-state index contributed by atoms with van der Waals surface area (Å²) in [5.74, 6) is -1.70. The Kier molecular flexibility index (Phi) is 12.1. The fourth-order valence-corrected chi connectivity index (χ4v) is 10.0. The third-order valence-corrected chi connectivity index (χ3v) is 22.1. The van der Waals surface area contributed by atoms with Crippen LogP contribution in [-0.2, 0) is 39.0 Å². The van der Waals surface area contributed by atoms with Crippen molar-refractivity contribution in [2.24, 2.45) is 5.92 Å². The summed E-state index contributed by atoms with van der Waals surface area (Å²) in [6.07, 6.45) is 1.61. The molecule has 294 valence electrons. The van der Waals surface area contributed by atoms with E-state index in [1.807, 2.05) is 37.3 Å². The van der Waals surface area contributed by atoms with Gasteiger partial charge in [0.05, 0.1) is 42.5 Å².